The lowest BCUT2D eigenvalue weighted by Crippen LogP contribution is -2.62. The first-order valence-electron chi connectivity index (χ1n) is 31.5. The summed E-state index contributed by atoms with van der Waals surface area (Å²) in [6.07, 6.45) is -7.47. The summed E-state index contributed by atoms with van der Waals surface area (Å²) in [5.41, 5.74) is -2.09. The molecule has 0 radical (unpaired) electrons. The fraction of sp³-hybridized carbons (Fsp3) is 0.422. The number of nitrogens with zero attached hydrogens (tertiary/aromatic N) is 9. The number of ether oxygens (including phenoxy) is 6. The number of carbonyl (C=O) groups excluding carboxylic acids is 7. The molecule has 8 aromatic rings. The van der Waals surface area contributed by atoms with Gasteiger partial charge in [-0.25, -0.2) is 39.5 Å². The van der Waals surface area contributed by atoms with Crippen LogP contribution < -0.4 is 26.6 Å². The van der Waals surface area contributed by atoms with Gasteiger partial charge in [-0.2, -0.15) is 4.73 Å². The Kier molecular flexibility index (Phi) is 20.9. The predicted octanol–water partition coefficient (Wildman–Crippen LogP) is 5.23. The van der Waals surface area contributed by atoms with Crippen molar-refractivity contribution in [3.8, 4) is 38.4 Å². The molecule has 10 unspecified atom stereocenters. The van der Waals surface area contributed by atoms with Crippen molar-refractivity contribution in [2.45, 2.75) is 122 Å². The average Bonchev–Trinajstić information content (AvgIpc) is 1.57. The summed E-state index contributed by atoms with van der Waals surface area (Å²) >= 11 is 4.74. The van der Waals surface area contributed by atoms with E-state index in [-0.39, 0.29) is 105 Å². The van der Waals surface area contributed by atoms with Crippen LogP contribution in [0.3, 0.4) is 0 Å². The number of aromatic nitrogens is 7. The summed E-state index contributed by atoms with van der Waals surface area (Å²) in [4.78, 5) is 135. The number of fused-ring (bicyclic) bond motifs is 15. The van der Waals surface area contributed by atoms with E-state index in [1.165, 1.54) is 54.6 Å². The second-order valence-electron chi connectivity index (χ2n) is 24.3. The Hall–Kier alpha value is -8.79. The molecule has 0 aliphatic carbocycles. The van der Waals surface area contributed by atoms with E-state index in [0.717, 1.165) is 69.8 Å². The highest BCUT2D eigenvalue weighted by Gasteiger charge is 2.50. The van der Waals surface area contributed by atoms with Gasteiger partial charge in [0.2, 0.25) is 5.91 Å². The zero-order chi connectivity index (χ0) is 71.2. The monoisotopic (exact) mass is 1470 g/mol. The number of allylic oxidation sites excluding steroid dienone is 1. The lowest BCUT2D eigenvalue weighted by molar-refractivity contribution is -0.280. The third kappa shape index (κ3) is 14.3. The van der Waals surface area contributed by atoms with Crippen LogP contribution in [0.2, 0.25) is 0 Å². The normalized spacial score (nSPS) is 23.9. The molecule has 100 heavy (non-hydrogen) atoms. The minimum absolute atomic E-state index is 0.00124. The number of aliphatic hydroxyl groups excluding tert-OH is 1. The van der Waals surface area contributed by atoms with Crippen LogP contribution in [-0.4, -0.2) is 209 Å². The van der Waals surface area contributed by atoms with E-state index >= 15 is 19.2 Å². The summed E-state index contributed by atoms with van der Waals surface area (Å²) in [5, 5.41) is 68.9. The van der Waals surface area contributed by atoms with Crippen LogP contribution in [0.4, 0.5) is 0 Å². The molecule has 7 aromatic heterocycles. The van der Waals surface area contributed by atoms with E-state index in [9.17, 15) is 34.9 Å². The zero-order valence-corrected chi connectivity index (χ0v) is 59.3. The first-order valence-corrected chi connectivity index (χ1v) is 35.9. The summed E-state index contributed by atoms with van der Waals surface area (Å²) < 4.78 is 38.4. The second-order valence-corrected chi connectivity index (χ2v) is 28.7. The Morgan fingerprint density at radius 2 is 1.51 bits per heavy atom. The molecule has 4 aliphatic rings. The SMILES string of the molecule is CCN(CC)CCNC(=O)c1csc(-c2nc3c(cc2O)-c2nc(cs2)C(=O)NC(C(C)O)C(=O)NC(=C(C)OC)c2nc(cs2)C(=O)NC2c4nc(cs4)C(=O)NC(COC(=O)c4c5c6c(cccc6n4O)COC(=O)C(OC4CC(C)(O)C(N(C)C)C(C)O4)C2OC5)c2nc-3cs2)n1. The van der Waals surface area contributed by atoms with Gasteiger partial charge in [-0.15, -0.1) is 56.7 Å². The van der Waals surface area contributed by atoms with Crippen molar-refractivity contribution < 1.29 is 82.5 Å². The quantitative estimate of drug-likeness (QED) is 0.0429. The number of carbonyl (C=O) groups is 7. The molecule has 0 spiro atoms. The number of benzene rings is 1. The predicted molar refractivity (Wildman–Crippen MR) is 364 cm³/mol. The third-order valence-electron chi connectivity index (χ3n) is 17.4. The number of nitrogens with one attached hydrogen (secondary N) is 5. The number of aromatic hydroxyl groups is 1. The largest absolute Gasteiger partial charge is 0.506 e. The van der Waals surface area contributed by atoms with Gasteiger partial charge in [-0.1, -0.05) is 26.0 Å². The standard InChI is InChI=1S/C64H70N14O17S5/c1-10-77(11-2)16-15-65-52(81)35-23-99-60(69-35)46-40(80)17-31-45(72-46)34-22-97-58(67-34)33-21-93-62(86)48-32-20-91-49(50(95-41-18-64(6,88)51(76(7)8)29(5)94-41)63(87)92-19-30-13-12-14-39(42(30)32)78(48)89)47(61-71-36(25-100-61)53(82)66-33)75-55(84)38-26-98-59(70-38)44(28(4)90-9)74-56(85)43(27(3)79)73-54(83)37-24-96-57(31)68-37/h12-14,17,22-27,29,33,41,43,47,49-51,79-80,88-89H,10-11,15-16,18-21H2,1-9H3,(H,65,81)(H,66,82)(H,73,83)(H,74,85)(H,75,84). The number of likely N-dealkylation sites (N-methyl/N-ethyl adjacent to an activating group) is 2. The molecular weight excluding hydrogens is 1400 g/mol. The molecule has 1 fully saturated rings. The van der Waals surface area contributed by atoms with E-state index in [1.54, 1.807) is 50.4 Å². The smallest absolute Gasteiger partial charge is 0.358 e. The molecule has 1 aromatic carbocycles. The Morgan fingerprint density at radius 1 is 0.840 bits per heavy atom. The number of hydrogen-bond donors (Lipinski definition) is 9. The maximum atomic E-state index is 15.2. The number of amides is 5. The van der Waals surface area contributed by atoms with E-state index in [4.69, 9.17) is 43.4 Å². The van der Waals surface area contributed by atoms with E-state index in [1.807, 2.05) is 13.8 Å². The minimum Gasteiger partial charge on any atom is -0.506 e. The molecule has 528 valence electrons. The van der Waals surface area contributed by atoms with Crippen molar-refractivity contribution in [1.29, 1.82) is 0 Å². The number of methoxy groups -OCH3 is 1. The second kappa shape index (κ2) is 29.4. The molecule has 10 atom stereocenters. The van der Waals surface area contributed by atoms with E-state index in [0.29, 0.717) is 23.4 Å². The third-order valence-corrected chi connectivity index (χ3v) is 21.8. The molecule has 36 heteroatoms. The molecule has 5 amide bonds. The van der Waals surface area contributed by atoms with Gasteiger partial charge in [-0.05, 0) is 72.6 Å². The van der Waals surface area contributed by atoms with E-state index in [2.05, 4.69) is 46.4 Å². The average molecular weight is 1470 g/mol. The van der Waals surface area contributed by atoms with Crippen molar-refractivity contribution in [3.63, 3.8) is 0 Å². The van der Waals surface area contributed by atoms with Gasteiger partial charge in [0.1, 0.15) is 120 Å². The molecule has 31 nitrogen and oxygen atoms in total. The summed E-state index contributed by atoms with van der Waals surface area (Å²) in [5.74, 6) is -6.62. The summed E-state index contributed by atoms with van der Waals surface area (Å²) in [7, 11) is 4.87. The first-order chi connectivity index (χ1) is 47.8. The van der Waals surface area contributed by atoms with Crippen molar-refractivity contribution in [1.82, 2.24) is 71.0 Å². The number of hydrogen-bond acceptors (Lipinski definition) is 30. The number of rotatable bonds is 12. The highest BCUT2D eigenvalue weighted by Crippen LogP contribution is 2.43. The summed E-state index contributed by atoms with van der Waals surface area (Å²) in [6, 6.07) is 0.856. The van der Waals surface area contributed by atoms with Crippen LogP contribution in [0.1, 0.15) is 139 Å². The number of esters is 2. The highest BCUT2D eigenvalue weighted by molar-refractivity contribution is 7.14. The van der Waals surface area contributed by atoms with Gasteiger partial charge in [0.05, 0.1) is 43.1 Å². The van der Waals surface area contributed by atoms with Gasteiger partial charge in [0.25, 0.3) is 23.6 Å². The molecule has 0 saturated carbocycles. The molecule has 11 heterocycles. The van der Waals surface area contributed by atoms with Gasteiger partial charge >= 0.3 is 11.9 Å². The Balaban J connectivity index is 1.03. The van der Waals surface area contributed by atoms with Crippen molar-refractivity contribution in [2.75, 3.05) is 54.0 Å². The Morgan fingerprint density at radius 3 is 2.23 bits per heavy atom. The molecule has 1 saturated heterocycles. The minimum atomic E-state index is -1.90. The first kappa shape index (κ1) is 71.1. The number of aliphatic hydroxyl groups is 2. The Labute approximate surface area is 590 Å². The van der Waals surface area contributed by atoms with Gasteiger partial charge in [-0.3, -0.25) is 24.0 Å². The summed E-state index contributed by atoms with van der Waals surface area (Å²) in [6.45, 7) is 10.9. The highest BCUT2D eigenvalue weighted by atomic mass is 32.1. The van der Waals surface area contributed by atoms with Gasteiger partial charge in [0, 0.05) is 62.9 Å². The molecule has 4 aliphatic heterocycles. The maximum Gasteiger partial charge on any atom is 0.358 e. The van der Waals surface area contributed by atoms with Crippen LogP contribution in [0.15, 0.2) is 56.9 Å². The fourth-order valence-electron chi connectivity index (χ4n) is 12.4. The molecule has 12 rings (SSSR count). The van der Waals surface area contributed by atoms with Gasteiger partial charge < -0.3 is 85.3 Å². The van der Waals surface area contributed by atoms with Crippen molar-refractivity contribution >= 4 is 115 Å². The molecule has 12 bridgehead atoms. The van der Waals surface area contributed by atoms with Crippen molar-refractivity contribution in [3.05, 3.63) is 112 Å². The number of pyridine rings is 1. The van der Waals surface area contributed by atoms with Crippen LogP contribution in [0, 0.1) is 0 Å². The van der Waals surface area contributed by atoms with Crippen LogP contribution >= 0.6 is 56.7 Å². The Bertz CT molecular complexity index is 4510. The maximum absolute atomic E-state index is 15.2. The lowest BCUT2D eigenvalue weighted by atomic mass is 9.85. The number of cyclic esters (lactones) is 2. The molecule has 9 N–H and O–H groups in total. The zero-order valence-electron chi connectivity index (χ0n) is 55.2. The van der Waals surface area contributed by atoms with Crippen LogP contribution in [0.5, 0.6) is 5.75 Å². The van der Waals surface area contributed by atoms with Gasteiger partial charge in [0.15, 0.2) is 18.1 Å². The number of thiazole rings is 5. The lowest BCUT2D eigenvalue weighted by Gasteiger charge is -2.48. The molecular formula is C64H70N14O17S5. The van der Waals surface area contributed by atoms with E-state index < -0.39 is 133 Å². The van der Waals surface area contributed by atoms with Crippen LogP contribution in [-0.2, 0) is 51.2 Å². The van der Waals surface area contributed by atoms with Crippen LogP contribution in [0.25, 0.3) is 49.3 Å². The fourth-order valence-corrected chi connectivity index (χ4v) is 16.6. The van der Waals surface area contributed by atoms with Crippen molar-refractivity contribution in [2.24, 2.45) is 0 Å². The topological polar surface area (TPSA) is 405 Å².